The zero-order valence-electron chi connectivity index (χ0n) is 14.3. The number of ether oxygens (including phenoxy) is 1. The van der Waals surface area contributed by atoms with Crippen LogP contribution in [0.25, 0.3) is 11.4 Å². The van der Waals surface area contributed by atoms with Crippen LogP contribution in [-0.4, -0.2) is 22.1 Å². The third-order valence-electron chi connectivity index (χ3n) is 3.96. The van der Waals surface area contributed by atoms with Crippen LogP contribution in [0.3, 0.4) is 0 Å². The Bertz CT molecular complexity index is 943. The lowest BCUT2D eigenvalue weighted by atomic mass is 9.92. The molecule has 0 unspecified atom stereocenters. The van der Waals surface area contributed by atoms with E-state index in [4.69, 9.17) is 0 Å². The Kier molecular flexibility index (Phi) is 5.21. The number of carbonyl (C=O) groups is 1. The average Bonchev–Trinajstić information content (AvgIpc) is 2.66. The van der Waals surface area contributed by atoms with Crippen LogP contribution in [0.1, 0.15) is 28.8 Å². The molecule has 1 atom stereocenters. The second-order valence-electron chi connectivity index (χ2n) is 5.85. The van der Waals surface area contributed by atoms with Gasteiger partial charge in [-0.1, -0.05) is 25.1 Å². The number of ketones is 1. The molecule has 0 aliphatic heterocycles. The molecule has 3 rings (SSSR count). The quantitative estimate of drug-likeness (QED) is 0.590. The summed E-state index contributed by atoms with van der Waals surface area (Å²) in [5.74, 6) is -1.25. The lowest BCUT2D eigenvalue weighted by Gasteiger charge is -2.14. The average molecular weight is 372 g/mol. The lowest BCUT2D eigenvalue weighted by molar-refractivity contribution is -0.274. The van der Waals surface area contributed by atoms with Crippen molar-refractivity contribution in [3.63, 3.8) is 0 Å². The summed E-state index contributed by atoms with van der Waals surface area (Å²) in [5.41, 5.74) is 2.00. The maximum atomic E-state index is 12.8. The van der Waals surface area contributed by atoms with Gasteiger partial charge in [-0.25, -0.2) is 0 Å². The third-order valence-corrected chi connectivity index (χ3v) is 3.96. The Hall–Kier alpha value is -3.22. The van der Waals surface area contributed by atoms with Crippen molar-refractivity contribution in [2.24, 2.45) is 0 Å². The number of nitrogens with zero attached hydrogens (tertiary/aromatic N) is 2. The zero-order chi connectivity index (χ0) is 19.4. The zero-order valence-corrected chi connectivity index (χ0v) is 14.3. The van der Waals surface area contributed by atoms with E-state index in [1.54, 1.807) is 43.5 Å². The summed E-state index contributed by atoms with van der Waals surface area (Å²) in [7, 11) is 0. The van der Waals surface area contributed by atoms with Crippen molar-refractivity contribution in [3.8, 4) is 17.1 Å². The molecule has 0 aliphatic rings. The molecular weight excluding hydrogens is 357 g/mol. The highest BCUT2D eigenvalue weighted by Crippen LogP contribution is 2.28. The minimum absolute atomic E-state index is 0.237. The van der Waals surface area contributed by atoms with E-state index in [-0.39, 0.29) is 11.5 Å². The van der Waals surface area contributed by atoms with Gasteiger partial charge in [0.2, 0.25) is 0 Å². The highest BCUT2D eigenvalue weighted by atomic mass is 19.4. The maximum absolute atomic E-state index is 12.8. The molecule has 0 fully saturated rings. The van der Waals surface area contributed by atoms with E-state index < -0.39 is 12.3 Å². The highest BCUT2D eigenvalue weighted by Gasteiger charge is 2.31. The van der Waals surface area contributed by atoms with Crippen LogP contribution in [0.15, 0.2) is 67.0 Å². The normalized spacial score (nSPS) is 12.4. The monoisotopic (exact) mass is 372 g/mol. The first-order chi connectivity index (χ1) is 12.8. The topological polar surface area (TPSA) is 52.1 Å². The molecule has 138 valence electrons. The van der Waals surface area contributed by atoms with Gasteiger partial charge in [0, 0.05) is 23.9 Å². The molecule has 27 heavy (non-hydrogen) atoms. The second kappa shape index (κ2) is 7.57. The van der Waals surface area contributed by atoms with E-state index in [2.05, 4.69) is 14.7 Å². The van der Waals surface area contributed by atoms with Crippen LogP contribution < -0.4 is 4.74 Å². The summed E-state index contributed by atoms with van der Waals surface area (Å²) < 4.78 is 41.1. The SMILES string of the molecule is C[C@@H](C(=O)c1ccnc(-c2ccccn2)c1)c1cccc(OC(F)(F)F)c1. The van der Waals surface area contributed by atoms with Gasteiger partial charge < -0.3 is 4.74 Å². The molecule has 3 aromatic rings. The number of hydrogen-bond donors (Lipinski definition) is 0. The molecule has 0 saturated heterocycles. The molecule has 7 heteroatoms. The fourth-order valence-electron chi connectivity index (χ4n) is 2.62. The van der Waals surface area contributed by atoms with Gasteiger partial charge in [-0.15, -0.1) is 13.2 Å². The van der Waals surface area contributed by atoms with E-state index in [1.165, 1.54) is 24.4 Å². The van der Waals surface area contributed by atoms with Crippen molar-refractivity contribution in [3.05, 3.63) is 78.1 Å². The van der Waals surface area contributed by atoms with Gasteiger partial charge in [0.25, 0.3) is 0 Å². The molecular formula is C20H15F3N2O2. The Morgan fingerprint density at radius 3 is 2.44 bits per heavy atom. The number of pyridine rings is 2. The first-order valence-corrected chi connectivity index (χ1v) is 8.11. The number of benzene rings is 1. The number of hydrogen-bond acceptors (Lipinski definition) is 4. The van der Waals surface area contributed by atoms with Gasteiger partial charge in [-0.2, -0.15) is 0 Å². The first-order valence-electron chi connectivity index (χ1n) is 8.11. The van der Waals surface area contributed by atoms with Gasteiger partial charge >= 0.3 is 6.36 Å². The van der Waals surface area contributed by atoms with Crippen LogP contribution in [0.5, 0.6) is 5.75 Å². The van der Waals surface area contributed by atoms with Gasteiger partial charge in [-0.3, -0.25) is 14.8 Å². The fourth-order valence-corrected chi connectivity index (χ4v) is 2.62. The third kappa shape index (κ3) is 4.69. The predicted molar refractivity (Wildman–Crippen MR) is 93.3 cm³/mol. The summed E-state index contributed by atoms with van der Waals surface area (Å²) in [6.07, 6.45) is -1.65. The molecule has 1 aromatic carbocycles. The Labute approximate surface area is 153 Å². The highest BCUT2D eigenvalue weighted by molar-refractivity contribution is 6.01. The van der Waals surface area contributed by atoms with E-state index in [0.717, 1.165) is 0 Å². The molecule has 0 N–H and O–H groups in total. The van der Waals surface area contributed by atoms with Gasteiger partial charge in [0.15, 0.2) is 5.78 Å². The first kappa shape index (κ1) is 18.6. The van der Waals surface area contributed by atoms with E-state index >= 15 is 0 Å². The predicted octanol–water partition coefficient (Wildman–Crippen LogP) is 5.03. The number of carbonyl (C=O) groups excluding carboxylic acids is 1. The second-order valence-corrected chi connectivity index (χ2v) is 5.85. The largest absolute Gasteiger partial charge is 0.573 e. The Morgan fingerprint density at radius 1 is 0.963 bits per heavy atom. The van der Waals surface area contributed by atoms with Crippen molar-refractivity contribution >= 4 is 5.78 Å². The van der Waals surface area contributed by atoms with Crippen molar-refractivity contribution in [1.82, 2.24) is 9.97 Å². The molecule has 0 saturated carbocycles. The molecule has 0 amide bonds. The van der Waals surface area contributed by atoms with Crippen LogP contribution in [0.2, 0.25) is 0 Å². The Balaban J connectivity index is 1.85. The maximum Gasteiger partial charge on any atom is 0.573 e. The van der Waals surface area contributed by atoms with Gasteiger partial charge in [-0.05, 0) is 42.0 Å². The fraction of sp³-hybridized carbons (Fsp3) is 0.150. The molecule has 0 bridgehead atoms. The number of halogens is 3. The summed E-state index contributed by atoms with van der Waals surface area (Å²) in [6.45, 7) is 1.63. The van der Waals surface area contributed by atoms with E-state index in [1.807, 2.05) is 6.07 Å². The van der Waals surface area contributed by atoms with Crippen molar-refractivity contribution in [2.75, 3.05) is 0 Å². The lowest BCUT2D eigenvalue weighted by Crippen LogP contribution is -2.17. The van der Waals surface area contributed by atoms with Crippen LogP contribution in [-0.2, 0) is 0 Å². The molecule has 0 radical (unpaired) electrons. The molecule has 0 aliphatic carbocycles. The van der Waals surface area contributed by atoms with Crippen molar-refractivity contribution in [1.29, 1.82) is 0 Å². The van der Waals surface area contributed by atoms with Gasteiger partial charge in [0.05, 0.1) is 11.4 Å². The molecule has 2 aromatic heterocycles. The standard InChI is InChI=1S/C20H15F3N2O2/c1-13(14-5-4-6-16(11-14)27-20(21,22)23)19(26)15-8-10-25-18(12-15)17-7-2-3-9-24-17/h2-13H,1H3/t13-/m1/s1. The number of Topliss-reactive ketones (excluding diaryl/α,β-unsaturated/α-hetero) is 1. The van der Waals surface area contributed by atoms with E-state index in [0.29, 0.717) is 22.5 Å². The number of aromatic nitrogens is 2. The summed E-state index contributed by atoms with van der Waals surface area (Å²) in [4.78, 5) is 21.2. The minimum atomic E-state index is -4.78. The van der Waals surface area contributed by atoms with Crippen molar-refractivity contribution < 1.29 is 22.7 Å². The van der Waals surface area contributed by atoms with Crippen LogP contribution >= 0.6 is 0 Å². The van der Waals surface area contributed by atoms with Crippen LogP contribution in [0.4, 0.5) is 13.2 Å². The minimum Gasteiger partial charge on any atom is -0.406 e. The smallest absolute Gasteiger partial charge is 0.406 e. The van der Waals surface area contributed by atoms with Crippen molar-refractivity contribution in [2.45, 2.75) is 19.2 Å². The van der Waals surface area contributed by atoms with E-state index in [9.17, 15) is 18.0 Å². The van der Waals surface area contributed by atoms with Crippen LogP contribution in [0, 0.1) is 0 Å². The summed E-state index contributed by atoms with van der Waals surface area (Å²) in [6, 6.07) is 14.0. The Morgan fingerprint density at radius 2 is 1.74 bits per heavy atom. The molecule has 4 nitrogen and oxygen atoms in total. The number of alkyl halides is 3. The summed E-state index contributed by atoms with van der Waals surface area (Å²) >= 11 is 0. The van der Waals surface area contributed by atoms with Gasteiger partial charge in [0.1, 0.15) is 5.75 Å². The number of rotatable bonds is 5. The summed E-state index contributed by atoms with van der Waals surface area (Å²) in [5, 5.41) is 0. The molecule has 0 spiro atoms. The molecule has 2 heterocycles.